The number of halogens is 6. The van der Waals surface area contributed by atoms with Crippen LogP contribution < -0.4 is 5.30 Å². The first-order valence-electron chi connectivity index (χ1n) is 8.49. The van der Waals surface area contributed by atoms with Gasteiger partial charge in [0.15, 0.2) is 0 Å². The summed E-state index contributed by atoms with van der Waals surface area (Å²) < 4.78 is 78.8. The zero-order valence-electron chi connectivity index (χ0n) is 14.9. The summed E-state index contributed by atoms with van der Waals surface area (Å²) >= 11 is 0. The maximum atomic E-state index is 13.1. The van der Waals surface area contributed by atoms with Crippen LogP contribution in [0.3, 0.4) is 0 Å². The molecule has 1 aromatic rings. The monoisotopic (exact) mass is 386 g/mol. The Bertz CT molecular complexity index is 505. The fraction of sp³-hybridized carbons (Fsp3) is 0.667. The zero-order valence-corrected chi connectivity index (χ0v) is 15.8. The smallest absolute Gasteiger partial charge is 0.166 e. The van der Waals surface area contributed by atoms with Gasteiger partial charge in [-0.1, -0.05) is 48.5 Å². The molecule has 0 radical (unpaired) electrons. The third-order valence-corrected chi connectivity index (χ3v) is 7.50. The van der Waals surface area contributed by atoms with Gasteiger partial charge in [-0.15, -0.1) is 0 Å². The molecule has 0 nitrogen and oxygen atoms in total. The van der Waals surface area contributed by atoms with Crippen molar-refractivity contribution >= 4 is 13.2 Å². The third-order valence-electron chi connectivity index (χ3n) is 4.23. The maximum Gasteiger partial charge on any atom is 0.416 e. The highest BCUT2D eigenvalue weighted by molar-refractivity contribution is 7.67. The molecule has 144 valence electrons. The summed E-state index contributed by atoms with van der Waals surface area (Å²) in [5.74, 6) is 0. The summed E-state index contributed by atoms with van der Waals surface area (Å²) in [6.45, 7) is 7.83. The second kappa shape index (κ2) is 8.75. The SMILES string of the molecule is CCCC(C)P(c1cc(C(F)(F)F)cc(C(F)(F)F)c1)C(C)CCC. The van der Waals surface area contributed by atoms with Crippen molar-refractivity contribution in [3.63, 3.8) is 0 Å². The maximum absolute atomic E-state index is 13.1. The molecule has 0 spiro atoms. The fourth-order valence-electron chi connectivity index (χ4n) is 3.14. The Morgan fingerprint density at radius 2 is 1.12 bits per heavy atom. The van der Waals surface area contributed by atoms with Crippen molar-refractivity contribution < 1.29 is 26.3 Å². The lowest BCUT2D eigenvalue weighted by atomic mass is 10.1. The van der Waals surface area contributed by atoms with Crippen molar-refractivity contribution in [2.75, 3.05) is 0 Å². The summed E-state index contributed by atoms with van der Waals surface area (Å²) in [7, 11) is -1.12. The van der Waals surface area contributed by atoms with Crippen LogP contribution in [0.5, 0.6) is 0 Å². The number of benzene rings is 1. The van der Waals surface area contributed by atoms with Crippen LogP contribution in [0.25, 0.3) is 0 Å². The van der Waals surface area contributed by atoms with Crippen molar-refractivity contribution in [3.8, 4) is 0 Å². The van der Waals surface area contributed by atoms with Crippen LogP contribution in [0.4, 0.5) is 26.3 Å². The molecular formula is C18H25F6P. The fourth-order valence-corrected chi connectivity index (χ4v) is 6.68. The first kappa shape index (κ1) is 22.3. The summed E-state index contributed by atoms with van der Waals surface area (Å²) in [6, 6.07) is 2.07. The highest BCUT2D eigenvalue weighted by atomic mass is 31.1. The van der Waals surface area contributed by atoms with Crippen molar-refractivity contribution in [2.45, 2.75) is 77.0 Å². The predicted molar refractivity (Wildman–Crippen MR) is 91.7 cm³/mol. The van der Waals surface area contributed by atoms with Gasteiger partial charge in [0.1, 0.15) is 0 Å². The predicted octanol–water partition coefficient (Wildman–Crippen LogP) is 7.21. The van der Waals surface area contributed by atoms with E-state index in [-0.39, 0.29) is 22.7 Å². The van der Waals surface area contributed by atoms with Crippen LogP contribution in [-0.2, 0) is 12.4 Å². The molecule has 0 saturated heterocycles. The van der Waals surface area contributed by atoms with Gasteiger partial charge in [0.05, 0.1) is 11.1 Å². The van der Waals surface area contributed by atoms with Crippen molar-refractivity contribution in [2.24, 2.45) is 0 Å². The average Bonchev–Trinajstić information content (AvgIpc) is 2.46. The van der Waals surface area contributed by atoms with Crippen LogP contribution in [0.2, 0.25) is 0 Å². The van der Waals surface area contributed by atoms with Crippen molar-refractivity contribution in [1.82, 2.24) is 0 Å². The van der Waals surface area contributed by atoms with Gasteiger partial charge >= 0.3 is 12.4 Å². The Morgan fingerprint density at radius 3 is 1.40 bits per heavy atom. The highest BCUT2D eigenvalue weighted by Gasteiger charge is 2.38. The van der Waals surface area contributed by atoms with E-state index in [1.54, 1.807) is 0 Å². The molecule has 1 aromatic carbocycles. The van der Waals surface area contributed by atoms with Gasteiger partial charge in [0, 0.05) is 0 Å². The second-order valence-corrected chi connectivity index (χ2v) is 9.54. The molecule has 2 atom stereocenters. The lowest BCUT2D eigenvalue weighted by Gasteiger charge is -2.32. The number of hydrogen-bond acceptors (Lipinski definition) is 0. The average molecular weight is 386 g/mol. The quantitative estimate of drug-likeness (QED) is 0.343. The topological polar surface area (TPSA) is 0 Å². The molecule has 0 aliphatic heterocycles. The molecule has 0 N–H and O–H groups in total. The molecule has 0 amide bonds. The van der Waals surface area contributed by atoms with E-state index in [0.29, 0.717) is 0 Å². The zero-order chi connectivity index (χ0) is 19.4. The van der Waals surface area contributed by atoms with E-state index >= 15 is 0 Å². The van der Waals surface area contributed by atoms with E-state index in [4.69, 9.17) is 0 Å². The lowest BCUT2D eigenvalue weighted by Crippen LogP contribution is -2.23. The van der Waals surface area contributed by atoms with Crippen LogP contribution in [0.15, 0.2) is 18.2 Å². The van der Waals surface area contributed by atoms with Gasteiger partial charge in [-0.25, -0.2) is 0 Å². The Balaban J connectivity index is 3.51. The Morgan fingerprint density at radius 1 is 0.760 bits per heavy atom. The molecule has 0 fully saturated rings. The molecule has 0 heterocycles. The van der Waals surface area contributed by atoms with E-state index in [9.17, 15) is 26.3 Å². The highest BCUT2D eigenvalue weighted by Crippen LogP contribution is 2.50. The minimum absolute atomic E-state index is 0.0751. The standard InChI is InChI=1S/C18H25F6P/c1-5-7-12(3)25(13(4)8-6-2)16-10-14(17(19,20)21)9-15(11-16)18(22,23)24/h9-13H,5-8H2,1-4H3. The van der Waals surface area contributed by atoms with E-state index in [1.807, 2.05) is 27.7 Å². The Labute approximate surface area is 146 Å². The lowest BCUT2D eigenvalue weighted by molar-refractivity contribution is -0.142. The van der Waals surface area contributed by atoms with E-state index in [1.165, 1.54) is 0 Å². The summed E-state index contributed by atoms with van der Waals surface area (Å²) in [6.07, 6.45) is -6.30. The van der Waals surface area contributed by atoms with Crippen LogP contribution in [0, 0.1) is 0 Å². The van der Waals surface area contributed by atoms with Gasteiger partial charge in [-0.05, 0) is 47.7 Å². The number of alkyl halides is 6. The molecule has 0 aliphatic rings. The van der Waals surface area contributed by atoms with Crippen molar-refractivity contribution in [1.29, 1.82) is 0 Å². The van der Waals surface area contributed by atoms with Gasteiger partial charge in [0.25, 0.3) is 0 Å². The van der Waals surface area contributed by atoms with E-state index < -0.39 is 31.4 Å². The first-order valence-corrected chi connectivity index (χ1v) is 9.97. The molecule has 0 saturated carbocycles. The van der Waals surface area contributed by atoms with Crippen molar-refractivity contribution in [3.05, 3.63) is 29.3 Å². The molecule has 1 rings (SSSR count). The third kappa shape index (κ3) is 6.16. The Hall–Kier alpha value is -0.770. The molecule has 0 aromatic heterocycles. The van der Waals surface area contributed by atoms with Gasteiger partial charge in [-0.3, -0.25) is 0 Å². The number of rotatable bonds is 7. The van der Waals surface area contributed by atoms with Crippen LogP contribution >= 0.6 is 7.92 Å². The van der Waals surface area contributed by atoms with Gasteiger partial charge in [0.2, 0.25) is 0 Å². The van der Waals surface area contributed by atoms with Gasteiger partial charge in [-0.2, -0.15) is 26.3 Å². The summed E-state index contributed by atoms with van der Waals surface area (Å²) in [5, 5.41) is 0.207. The second-order valence-electron chi connectivity index (χ2n) is 6.45. The van der Waals surface area contributed by atoms with Crippen LogP contribution in [-0.4, -0.2) is 11.3 Å². The molecular weight excluding hydrogens is 361 g/mol. The first-order chi connectivity index (χ1) is 11.4. The number of hydrogen-bond donors (Lipinski definition) is 0. The summed E-state index contributed by atoms with van der Waals surface area (Å²) in [5.41, 5.74) is -2.27. The van der Waals surface area contributed by atoms with Gasteiger partial charge < -0.3 is 0 Å². The van der Waals surface area contributed by atoms with Crippen LogP contribution in [0.1, 0.15) is 64.5 Å². The largest absolute Gasteiger partial charge is 0.416 e. The van der Waals surface area contributed by atoms with E-state index in [0.717, 1.165) is 37.8 Å². The summed E-state index contributed by atoms with van der Waals surface area (Å²) in [4.78, 5) is 0. The minimum atomic E-state index is -4.79. The normalized spacial score (nSPS) is 16.6. The Kier molecular flexibility index (Phi) is 7.79. The van der Waals surface area contributed by atoms with E-state index in [2.05, 4.69) is 0 Å². The molecule has 0 bridgehead atoms. The molecule has 25 heavy (non-hydrogen) atoms. The molecule has 0 aliphatic carbocycles. The molecule has 2 unspecified atom stereocenters. The minimum Gasteiger partial charge on any atom is -0.166 e. The molecule has 7 heteroatoms.